The van der Waals surface area contributed by atoms with Crippen LogP contribution in [0.4, 0.5) is 5.69 Å². The number of ether oxygens (including phenoxy) is 2. The number of anilines is 1. The molecule has 2 rings (SSSR count). The largest absolute Gasteiger partial charge is 0.491 e. The molecule has 1 saturated carbocycles. The molecule has 1 aromatic carbocycles. The van der Waals surface area contributed by atoms with E-state index in [-0.39, 0.29) is 12.0 Å². The lowest BCUT2D eigenvalue weighted by molar-refractivity contribution is -0.147. The van der Waals surface area contributed by atoms with Crippen molar-refractivity contribution >= 4 is 11.6 Å². The van der Waals surface area contributed by atoms with Crippen LogP contribution in [0.1, 0.15) is 58.9 Å². The molecular formula is C20H31NO3. The van der Waals surface area contributed by atoms with E-state index < -0.39 is 5.60 Å². The number of rotatable bonds is 6. The molecule has 4 nitrogen and oxygen atoms in total. The summed E-state index contributed by atoms with van der Waals surface area (Å²) in [5.41, 5.74) is 1.13. The first-order valence-electron chi connectivity index (χ1n) is 9.09. The van der Waals surface area contributed by atoms with Gasteiger partial charge in [0.25, 0.3) is 5.91 Å². The maximum Gasteiger partial charge on any atom is 0.256 e. The van der Waals surface area contributed by atoms with Crippen LogP contribution in [0.25, 0.3) is 0 Å². The van der Waals surface area contributed by atoms with Gasteiger partial charge in [0.1, 0.15) is 11.4 Å². The third-order valence-corrected chi connectivity index (χ3v) is 4.59. The minimum absolute atomic E-state index is 0.0205. The van der Waals surface area contributed by atoms with E-state index >= 15 is 0 Å². The molecule has 1 fully saturated rings. The second kappa shape index (κ2) is 8.02. The van der Waals surface area contributed by atoms with Gasteiger partial charge in [0.2, 0.25) is 0 Å². The molecule has 1 aliphatic carbocycles. The molecule has 1 N–H and O–H groups in total. The highest BCUT2D eigenvalue weighted by Gasteiger charge is 2.42. The molecule has 134 valence electrons. The SMILES string of the molecule is CCO[C@]1(C(=O)Nc2ccc(OC(C)C)c(C)c2)CCC[C@@H](C)C1. The Hall–Kier alpha value is -1.55. The number of amides is 1. The van der Waals surface area contributed by atoms with Crippen LogP contribution in [-0.4, -0.2) is 24.2 Å². The normalized spacial score (nSPS) is 24.0. The summed E-state index contributed by atoms with van der Waals surface area (Å²) in [7, 11) is 0. The van der Waals surface area contributed by atoms with Crippen LogP contribution in [0.2, 0.25) is 0 Å². The predicted molar refractivity (Wildman–Crippen MR) is 97.6 cm³/mol. The molecule has 0 radical (unpaired) electrons. The third kappa shape index (κ3) is 4.50. The molecule has 0 heterocycles. The van der Waals surface area contributed by atoms with Gasteiger partial charge < -0.3 is 14.8 Å². The van der Waals surface area contributed by atoms with Crippen LogP contribution in [-0.2, 0) is 9.53 Å². The number of carbonyl (C=O) groups excluding carboxylic acids is 1. The summed E-state index contributed by atoms with van der Waals surface area (Å²) in [5.74, 6) is 1.35. The van der Waals surface area contributed by atoms with Crippen molar-refractivity contribution in [1.82, 2.24) is 0 Å². The molecule has 1 aliphatic rings. The van der Waals surface area contributed by atoms with Crippen molar-refractivity contribution < 1.29 is 14.3 Å². The van der Waals surface area contributed by atoms with Gasteiger partial charge in [-0.15, -0.1) is 0 Å². The van der Waals surface area contributed by atoms with Crippen molar-refractivity contribution in [3.8, 4) is 5.75 Å². The fourth-order valence-corrected chi connectivity index (χ4v) is 3.54. The molecule has 4 heteroatoms. The molecule has 0 bridgehead atoms. The number of hydrogen-bond acceptors (Lipinski definition) is 3. The van der Waals surface area contributed by atoms with Crippen molar-refractivity contribution in [3.05, 3.63) is 23.8 Å². The van der Waals surface area contributed by atoms with Crippen molar-refractivity contribution in [1.29, 1.82) is 0 Å². The van der Waals surface area contributed by atoms with Crippen LogP contribution < -0.4 is 10.1 Å². The van der Waals surface area contributed by atoms with Gasteiger partial charge >= 0.3 is 0 Å². The molecule has 0 aromatic heterocycles. The lowest BCUT2D eigenvalue weighted by Crippen LogP contribution is -2.48. The molecule has 0 spiro atoms. The highest BCUT2D eigenvalue weighted by Crippen LogP contribution is 2.36. The second-order valence-corrected chi connectivity index (χ2v) is 7.23. The van der Waals surface area contributed by atoms with Gasteiger partial charge in [0, 0.05) is 12.3 Å². The van der Waals surface area contributed by atoms with E-state index in [2.05, 4.69) is 12.2 Å². The zero-order chi connectivity index (χ0) is 17.7. The topological polar surface area (TPSA) is 47.6 Å². The standard InChI is InChI=1S/C20H31NO3/c1-6-23-20(11-7-8-15(4)13-20)19(22)21-17-9-10-18(16(5)12-17)24-14(2)3/h9-10,12,14-15H,6-8,11,13H2,1-5H3,(H,21,22)/t15-,20-/m1/s1. The van der Waals surface area contributed by atoms with Crippen LogP contribution in [0.3, 0.4) is 0 Å². The van der Waals surface area contributed by atoms with E-state index in [9.17, 15) is 4.79 Å². The first-order valence-corrected chi connectivity index (χ1v) is 9.09. The fraction of sp³-hybridized carbons (Fsp3) is 0.650. The average Bonchev–Trinajstić information content (AvgIpc) is 2.50. The van der Waals surface area contributed by atoms with Crippen LogP contribution in [0.5, 0.6) is 5.75 Å². The maximum absolute atomic E-state index is 12.9. The van der Waals surface area contributed by atoms with Crippen molar-refractivity contribution in [3.63, 3.8) is 0 Å². The van der Waals surface area contributed by atoms with Gasteiger partial charge in [-0.3, -0.25) is 4.79 Å². The Bertz CT molecular complexity index is 566. The van der Waals surface area contributed by atoms with Gasteiger partial charge in [0.15, 0.2) is 0 Å². The van der Waals surface area contributed by atoms with E-state index in [1.807, 2.05) is 45.9 Å². The quantitative estimate of drug-likeness (QED) is 0.820. The average molecular weight is 333 g/mol. The summed E-state index contributed by atoms with van der Waals surface area (Å²) >= 11 is 0. The fourth-order valence-electron chi connectivity index (χ4n) is 3.54. The molecule has 1 aromatic rings. The Morgan fingerprint density at radius 2 is 2.17 bits per heavy atom. The molecule has 2 atom stereocenters. The maximum atomic E-state index is 12.9. The number of carbonyl (C=O) groups is 1. The molecule has 24 heavy (non-hydrogen) atoms. The Morgan fingerprint density at radius 3 is 2.75 bits per heavy atom. The number of benzene rings is 1. The molecule has 0 aliphatic heterocycles. The Labute approximate surface area is 145 Å². The zero-order valence-electron chi connectivity index (χ0n) is 15.6. The summed E-state index contributed by atoms with van der Waals surface area (Å²) in [6.07, 6.45) is 3.93. The molecule has 0 saturated heterocycles. The van der Waals surface area contributed by atoms with Gasteiger partial charge in [-0.05, 0) is 76.6 Å². The van der Waals surface area contributed by atoms with E-state index in [0.717, 1.165) is 36.3 Å². The van der Waals surface area contributed by atoms with Gasteiger partial charge in [-0.1, -0.05) is 13.3 Å². The minimum atomic E-state index is -0.687. The highest BCUT2D eigenvalue weighted by atomic mass is 16.5. The number of hydrogen-bond donors (Lipinski definition) is 1. The monoisotopic (exact) mass is 333 g/mol. The van der Waals surface area contributed by atoms with E-state index in [4.69, 9.17) is 9.47 Å². The molecule has 1 amide bonds. The summed E-state index contributed by atoms with van der Waals surface area (Å²) in [6.45, 7) is 10.7. The minimum Gasteiger partial charge on any atom is -0.491 e. The summed E-state index contributed by atoms with van der Waals surface area (Å²) in [5, 5.41) is 3.06. The van der Waals surface area contributed by atoms with E-state index in [0.29, 0.717) is 12.5 Å². The predicted octanol–water partition coefficient (Wildman–Crippen LogP) is 4.71. The van der Waals surface area contributed by atoms with Gasteiger partial charge in [0.05, 0.1) is 6.10 Å². The summed E-state index contributed by atoms with van der Waals surface area (Å²) < 4.78 is 11.7. The highest BCUT2D eigenvalue weighted by molar-refractivity contribution is 5.97. The molecular weight excluding hydrogens is 302 g/mol. The Morgan fingerprint density at radius 1 is 1.42 bits per heavy atom. The van der Waals surface area contributed by atoms with E-state index in [1.54, 1.807) is 0 Å². The van der Waals surface area contributed by atoms with Crippen LogP contribution >= 0.6 is 0 Å². The molecule has 0 unspecified atom stereocenters. The Kier molecular flexibility index (Phi) is 6.27. The zero-order valence-corrected chi connectivity index (χ0v) is 15.6. The summed E-state index contributed by atoms with van der Waals surface area (Å²) in [4.78, 5) is 12.9. The lowest BCUT2D eigenvalue weighted by Gasteiger charge is -2.38. The van der Waals surface area contributed by atoms with Gasteiger partial charge in [-0.25, -0.2) is 0 Å². The first-order chi connectivity index (χ1) is 11.4. The Balaban J connectivity index is 2.13. The summed E-state index contributed by atoms with van der Waals surface area (Å²) in [6, 6.07) is 5.78. The first kappa shape index (κ1) is 18.8. The van der Waals surface area contributed by atoms with Crippen LogP contribution in [0, 0.1) is 12.8 Å². The van der Waals surface area contributed by atoms with E-state index in [1.165, 1.54) is 6.42 Å². The smallest absolute Gasteiger partial charge is 0.256 e. The van der Waals surface area contributed by atoms with Crippen molar-refractivity contribution in [2.75, 3.05) is 11.9 Å². The van der Waals surface area contributed by atoms with Crippen molar-refractivity contribution in [2.24, 2.45) is 5.92 Å². The van der Waals surface area contributed by atoms with Crippen molar-refractivity contribution in [2.45, 2.75) is 72.0 Å². The van der Waals surface area contributed by atoms with Crippen LogP contribution in [0.15, 0.2) is 18.2 Å². The number of nitrogens with one attached hydrogen (secondary N) is 1. The third-order valence-electron chi connectivity index (χ3n) is 4.59. The van der Waals surface area contributed by atoms with Gasteiger partial charge in [-0.2, -0.15) is 0 Å². The second-order valence-electron chi connectivity index (χ2n) is 7.23. The lowest BCUT2D eigenvalue weighted by atomic mass is 9.78. The number of aryl methyl sites for hydroxylation is 1.